The van der Waals surface area contributed by atoms with E-state index in [-0.39, 0.29) is 6.42 Å². The smallest absolute Gasteiger partial charge is 0.204 e. The number of hydrogen-bond donors (Lipinski definition) is 5. The fraction of sp³-hybridized carbons (Fsp3) is 0.375. The molecule has 23 heavy (non-hydrogen) atoms. The van der Waals surface area contributed by atoms with Crippen LogP contribution in [-0.4, -0.2) is 54.9 Å². The number of benzene rings is 1. The van der Waals surface area contributed by atoms with Crippen LogP contribution >= 0.6 is 0 Å². The molecule has 1 aromatic rings. The number of phenolic OH excluding ortho intramolecular Hbond substituents is 2. The molecule has 7 nitrogen and oxygen atoms in total. The van der Waals surface area contributed by atoms with Gasteiger partial charge in [-0.2, -0.15) is 0 Å². The maximum absolute atomic E-state index is 12.5. The summed E-state index contributed by atoms with van der Waals surface area (Å²) in [6.07, 6.45) is -2.66. The summed E-state index contributed by atoms with van der Waals surface area (Å²) in [5, 5.41) is 50.3. The summed E-state index contributed by atoms with van der Waals surface area (Å²) in [4.78, 5) is 24.8. The predicted octanol–water partition coefficient (Wildman–Crippen LogP) is 0.286. The average Bonchev–Trinajstić information content (AvgIpc) is 2.50. The molecule has 7 heteroatoms. The summed E-state index contributed by atoms with van der Waals surface area (Å²) in [6, 6.07) is 1.98. The van der Waals surface area contributed by atoms with Crippen molar-refractivity contribution < 1.29 is 35.1 Å². The largest absolute Gasteiger partial charge is 0.507 e. The van der Waals surface area contributed by atoms with Crippen LogP contribution < -0.4 is 0 Å². The van der Waals surface area contributed by atoms with Crippen molar-refractivity contribution in [3.8, 4) is 11.5 Å². The molecule has 0 radical (unpaired) electrons. The lowest BCUT2D eigenvalue weighted by Crippen LogP contribution is -2.63. The highest BCUT2D eigenvalue weighted by Crippen LogP contribution is 2.40. The number of fused-ring (bicyclic) bond motifs is 1. The van der Waals surface area contributed by atoms with Gasteiger partial charge in [-0.1, -0.05) is 11.6 Å². The van der Waals surface area contributed by atoms with E-state index in [9.17, 15) is 35.1 Å². The maximum atomic E-state index is 12.5. The summed E-state index contributed by atoms with van der Waals surface area (Å²) in [5.41, 5.74) is -3.18. The number of phenols is 2. The lowest BCUT2D eigenvalue weighted by Gasteiger charge is -2.38. The molecule has 1 aliphatic carbocycles. The van der Waals surface area contributed by atoms with Gasteiger partial charge in [-0.25, -0.2) is 0 Å². The van der Waals surface area contributed by atoms with E-state index in [0.29, 0.717) is 0 Å². The van der Waals surface area contributed by atoms with Gasteiger partial charge in [-0.05, 0) is 32.4 Å². The topological polar surface area (TPSA) is 135 Å². The molecule has 0 spiro atoms. The first-order valence-electron chi connectivity index (χ1n) is 6.98. The highest BCUT2D eigenvalue weighted by Gasteiger charge is 2.57. The van der Waals surface area contributed by atoms with Crippen molar-refractivity contribution in [1.29, 1.82) is 0 Å². The molecule has 0 fully saturated rings. The third-order valence-electron chi connectivity index (χ3n) is 3.92. The van der Waals surface area contributed by atoms with Crippen molar-refractivity contribution in [3.05, 3.63) is 34.9 Å². The molecule has 0 amide bonds. The van der Waals surface area contributed by atoms with Crippen LogP contribution in [0.2, 0.25) is 0 Å². The molecule has 5 N–H and O–H groups in total. The molecule has 2 unspecified atom stereocenters. The quantitative estimate of drug-likeness (QED) is 0.398. The van der Waals surface area contributed by atoms with Crippen LogP contribution in [0.1, 0.15) is 41.0 Å². The fourth-order valence-corrected chi connectivity index (χ4v) is 2.58. The average molecular weight is 322 g/mol. The van der Waals surface area contributed by atoms with E-state index in [1.807, 2.05) is 0 Å². The lowest BCUT2D eigenvalue weighted by atomic mass is 9.72. The molecule has 2 rings (SSSR count). The summed E-state index contributed by atoms with van der Waals surface area (Å²) >= 11 is 0. The second-order valence-corrected chi connectivity index (χ2v) is 5.81. The first-order valence-corrected chi connectivity index (χ1v) is 6.98. The van der Waals surface area contributed by atoms with Crippen molar-refractivity contribution >= 4 is 11.6 Å². The van der Waals surface area contributed by atoms with E-state index in [2.05, 4.69) is 0 Å². The molecule has 3 atom stereocenters. The third kappa shape index (κ3) is 2.52. The number of hydrogen-bond acceptors (Lipinski definition) is 7. The Morgan fingerprint density at radius 1 is 1.22 bits per heavy atom. The van der Waals surface area contributed by atoms with Crippen molar-refractivity contribution in [3.63, 3.8) is 0 Å². The summed E-state index contributed by atoms with van der Waals surface area (Å²) < 4.78 is 0. The molecular weight excluding hydrogens is 304 g/mol. The number of carbonyl (C=O) groups excluding carboxylic acids is 2. The number of aliphatic hydroxyl groups excluding tert-OH is 2. The van der Waals surface area contributed by atoms with Gasteiger partial charge in [0.25, 0.3) is 0 Å². The van der Waals surface area contributed by atoms with Gasteiger partial charge in [-0.3, -0.25) is 9.59 Å². The highest BCUT2D eigenvalue weighted by atomic mass is 16.4. The molecular formula is C16H18O7. The standard InChI is InChI=1S/C16H18O7/c1-7(2)3-6-10(19)16(23)14(21)12-9(18)5-4-8(17)11(12)13(20)15(16)22/h3-5,10,15,17-19,22-23H,6H2,1-2H3/t10-,15?,16?/m1/s1. The summed E-state index contributed by atoms with van der Waals surface area (Å²) in [6.45, 7) is 3.47. The Hall–Kier alpha value is -2.22. The molecule has 0 heterocycles. The highest BCUT2D eigenvalue weighted by molar-refractivity contribution is 6.22. The number of aliphatic hydroxyl groups is 3. The lowest BCUT2D eigenvalue weighted by molar-refractivity contribution is -0.104. The van der Waals surface area contributed by atoms with E-state index in [1.54, 1.807) is 13.8 Å². The first kappa shape index (κ1) is 17.1. The minimum absolute atomic E-state index is 0.177. The van der Waals surface area contributed by atoms with Gasteiger partial charge >= 0.3 is 0 Å². The van der Waals surface area contributed by atoms with Crippen molar-refractivity contribution in [2.75, 3.05) is 0 Å². The molecule has 0 aromatic heterocycles. The van der Waals surface area contributed by atoms with Gasteiger partial charge in [0.15, 0.2) is 17.5 Å². The van der Waals surface area contributed by atoms with Gasteiger partial charge in [0.05, 0.1) is 17.2 Å². The third-order valence-corrected chi connectivity index (χ3v) is 3.92. The van der Waals surface area contributed by atoms with Crippen LogP contribution in [0.15, 0.2) is 23.8 Å². The molecule has 1 aromatic carbocycles. The molecule has 0 aliphatic heterocycles. The van der Waals surface area contributed by atoms with E-state index >= 15 is 0 Å². The van der Waals surface area contributed by atoms with Crippen LogP contribution in [0.3, 0.4) is 0 Å². The molecule has 124 valence electrons. The SMILES string of the molecule is CC(C)=CC[C@@H](O)C1(O)C(=O)c2c(O)ccc(O)c2C(=O)C1O. The van der Waals surface area contributed by atoms with E-state index in [4.69, 9.17) is 0 Å². The normalized spacial score (nSPS) is 25.0. The van der Waals surface area contributed by atoms with Gasteiger partial charge in [0.1, 0.15) is 11.5 Å². The van der Waals surface area contributed by atoms with Gasteiger partial charge in [0.2, 0.25) is 5.78 Å². The van der Waals surface area contributed by atoms with Gasteiger partial charge in [-0.15, -0.1) is 0 Å². The first-order chi connectivity index (χ1) is 10.6. The Kier molecular flexibility index (Phi) is 4.30. The predicted molar refractivity (Wildman–Crippen MR) is 79.4 cm³/mol. The van der Waals surface area contributed by atoms with Crippen molar-refractivity contribution in [2.24, 2.45) is 0 Å². The number of carbonyl (C=O) groups is 2. The Labute approximate surface area is 132 Å². The van der Waals surface area contributed by atoms with Crippen LogP contribution in [-0.2, 0) is 0 Å². The number of rotatable bonds is 3. The minimum Gasteiger partial charge on any atom is -0.507 e. The van der Waals surface area contributed by atoms with E-state index < -0.39 is 52.0 Å². The fourth-order valence-electron chi connectivity index (χ4n) is 2.58. The second-order valence-electron chi connectivity index (χ2n) is 5.81. The number of ketones is 2. The number of allylic oxidation sites excluding steroid dienone is 1. The van der Waals surface area contributed by atoms with E-state index in [0.717, 1.165) is 17.7 Å². The monoisotopic (exact) mass is 322 g/mol. The Morgan fingerprint density at radius 2 is 1.74 bits per heavy atom. The Balaban J connectivity index is 2.60. The van der Waals surface area contributed by atoms with Crippen LogP contribution in [0.5, 0.6) is 11.5 Å². The zero-order valence-corrected chi connectivity index (χ0v) is 12.6. The molecule has 0 saturated heterocycles. The van der Waals surface area contributed by atoms with Crippen molar-refractivity contribution in [1.82, 2.24) is 0 Å². The van der Waals surface area contributed by atoms with Crippen molar-refractivity contribution in [2.45, 2.75) is 38.1 Å². The maximum Gasteiger partial charge on any atom is 0.204 e. The second kappa shape index (κ2) is 5.77. The Morgan fingerprint density at radius 3 is 2.26 bits per heavy atom. The van der Waals surface area contributed by atoms with Crippen LogP contribution in [0, 0.1) is 0 Å². The van der Waals surface area contributed by atoms with E-state index in [1.165, 1.54) is 6.08 Å². The summed E-state index contributed by atoms with van der Waals surface area (Å²) in [7, 11) is 0. The molecule has 1 aliphatic rings. The van der Waals surface area contributed by atoms with Crippen LogP contribution in [0.4, 0.5) is 0 Å². The molecule has 0 bridgehead atoms. The number of aromatic hydroxyl groups is 2. The Bertz CT molecular complexity index is 703. The van der Waals surface area contributed by atoms with Gasteiger partial charge < -0.3 is 25.5 Å². The zero-order valence-electron chi connectivity index (χ0n) is 12.6. The summed E-state index contributed by atoms with van der Waals surface area (Å²) in [5.74, 6) is -3.60. The zero-order chi connectivity index (χ0) is 17.5. The molecule has 0 saturated carbocycles. The number of Topliss-reactive ketones (excluding diaryl/α,β-unsaturated/α-hetero) is 2. The van der Waals surface area contributed by atoms with Crippen LogP contribution in [0.25, 0.3) is 0 Å². The minimum atomic E-state index is -2.80. The van der Waals surface area contributed by atoms with Gasteiger partial charge in [0, 0.05) is 0 Å².